The van der Waals surface area contributed by atoms with Gasteiger partial charge in [-0.25, -0.2) is 14.8 Å². The molecule has 0 N–H and O–H groups in total. The maximum atomic E-state index is 12.2. The van der Waals surface area contributed by atoms with Crippen molar-refractivity contribution < 1.29 is 9.53 Å². The van der Waals surface area contributed by atoms with Gasteiger partial charge in [0.25, 0.3) is 0 Å². The highest BCUT2D eigenvalue weighted by atomic mass is 16.6. The van der Waals surface area contributed by atoms with E-state index in [1.807, 2.05) is 19.3 Å². The number of rotatable bonds is 4. The van der Waals surface area contributed by atoms with Crippen LogP contribution in [0.2, 0.25) is 0 Å². The van der Waals surface area contributed by atoms with E-state index in [1.54, 1.807) is 11.2 Å². The Hall–Kier alpha value is -3.16. The molecule has 0 spiro atoms. The van der Waals surface area contributed by atoms with Crippen LogP contribution in [0.25, 0.3) is 16.7 Å². The Labute approximate surface area is 181 Å². The molecule has 2 fully saturated rings. The van der Waals surface area contributed by atoms with Crippen molar-refractivity contribution in [2.75, 3.05) is 31.1 Å². The van der Waals surface area contributed by atoms with Crippen LogP contribution in [0.4, 0.5) is 10.6 Å². The van der Waals surface area contributed by atoms with Crippen LogP contribution < -0.4 is 4.90 Å². The van der Waals surface area contributed by atoms with Crippen LogP contribution in [0.5, 0.6) is 0 Å². The number of amides is 1. The molecule has 5 rings (SSSR count). The van der Waals surface area contributed by atoms with Gasteiger partial charge in [-0.3, -0.25) is 9.55 Å². The Balaban J connectivity index is 1.55. The highest BCUT2D eigenvalue weighted by molar-refractivity contribution is 5.93. The fourth-order valence-electron chi connectivity index (χ4n) is 4.52. The van der Waals surface area contributed by atoms with Crippen molar-refractivity contribution in [3.8, 4) is 5.69 Å². The summed E-state index contributed by atoms with van der Waals surface area (Å²) in [4.78, 5) is 30.1. The van der Waals surface area contributed by atoms with Gasteiger partial charge in [0.1, 0.15) is 17.8 Å². The number of piperazine rings is 1. The van der Waals surface area contributed by atoms with Crippen LogP contribution in [0.3, 0.4) is 0 Å². The number of pyridine rings is 1. The Morgan fingerprint density at radius 2 is 2.06 bits per heavy atom. The molecule has 3 aromatic rings. The fourth-order valence-corrected chi connectivity index (χ4v) is 4.52. The quantitative estimate of drug-likeness (QED) is 0.641. The monoisotopic (exact) mass is 420 g/mol. The summed E-state index contributed by atoms with van der Waals surface area (Å²) in [6.07, 6.45) is 9.78. The molecule has 31 heavy (non-hydrogen) atoms. The molecule has 0 aromatic carbocycles. The SMILES string of the molecule is CCOC(=O)N1CCN(c2ncnc3c2c(C2CC2)cn3-c2cncc(C)c2)C(C)C1. The summed E-state index contributed by atoms with van der Waals surface area (Å²) in [5, 5.41) is 1.13. The van der Waals surface area contributed by atoms with Crippen LogP contribution in [-0.4, -0.2) is 62.8 Å². The molecule has 1 unspecified atom stereocenters. The van der Waals surface area contributed by atoms with Gasteiger partial charge in [0.2, 0.25) is 0 Å². The Morgan fingerprint density at radius 1 is 1.23 bits per heavy atom. The molecule has 1 aliphatic carbocycles. The third kappa shape index (κ3) is 3.60. The number of fused-ring (bicyclic) bond motifs is 1. The topological polar surface area (TPSA) is 76.4 Å². The van der Waals surface area contributed by atoms with Crippen LogP contribution >= 0.6 is 0 Å². The van der Waals surface area contributed by atoms with E-state index in [2.05, 4.69) is 45.5 Å². The number of hydrogen-bond acceptors (Lipinski definition) is 6. The van der Waals surface area contributed by atoms with Crippen LogP contribution in [-0.2, 0) is 4.74 Å². The first-order chi connectivity index (χ1) is 15.1. The number of carbonyl (C=O) groups excluding carboxylic acids is 1. The summed E-state index contributed by atoms with van der Waals surface area (Å²) in [5.74, 6) is 1.52. The molecule has 1 saturated heterocycles. The molecule has 8 nitrogen and oxygen atoms in total. The van der Waals surface area contributed by atoms with Gasteiger partial charge >= 0.3 is 6.09 Å². The molecule has 0 radical (unpaired) electrons. The Kier molecular flexibility index (Phi) is 5.00. The van der Waals surface area contributed by atoms with Crippen molar-refractivity contribution in [3.05, 3.63) is 42.1 Å². The van der Waals surface area contributed by atoms with E-state index in [0.29, 0.717) is 32.2 Å². The lowest BCUT2D eigenvalue weighted by Crippen LogP contribution is -2.54. The van der Waals surface area contributed by atoms with Crippen molar-refractivity contribution in [1.29, 1.82) is 0 Å². The number of anilines is 1. The largest absolute Gasteiger partial charge is 0.450 e. The first-order valence-corrected chi connectivity index (χ1v) is 11.0. The van der Waals surface area contributed by atoms with E-state index in [0.717, 1.165) is 28.1 Å². The minimum Gasteiger partial charge on any atom is -0.450 e. The number of carbonyl (C=O) groups is 1. The molecule has 1 atom stereocenters. The van der Waals surface area contributed by atoms with E-state index in [9.17, 15) is 4.79 Å². The normalized spacial score (nSPS) is 19.1. The van der Waals surface area contributed by atoms with Gasteiger partial charge in [-0.05, 0) is 56.7 Å². The average Bonchev–Trinajstić information content (AvgIpc) is 3.53. The molecule has 8 heteroatoms. The lowest BCUT2D eigenvalue weighted by Gasteiger charge is -2.40. The number of aromatic nitrogens is 4. The van der Waals surface area contributed by atoms with E-state index in [1.165, 1.54) is 18.4 Å². The van der Waals surface area contributed by atoms with Crippen LogP contribution in [0.1, 0.15) is 43.7 Å². The van der Waals surface area contributed by atoms with Crippen molar-refractivity contribution >= 4 is 22.9 Å². The maximum absolute atomic E-state index is 12.2. The summed E-state index contributed by atoms with van der Waals surface area (Å²) in [6.45, 7) is 8.37. The molecule has 0 bridgehead atoms. The summed E-state index contributed by atoms with van der Waals surface area (Å²) < 4.78 is 7.34. The van der Waals surface area contributed by atoms with Gasteiger partial charge in [0.05, 0.1) is 23.9 Å². The van der Waals surface area contributed by atoms with Crippen molar-refractivity contribution in [2.24, 2.45) is 0 Å². The highest BCUT2D eigenvalue weighted by Gasteiger charge is 2.34. The zero-order valence-corrected chi connectivity index (χ0v) is 18.3. The van der Waals surface area contributed by atoms with E-state index < -0.39 is 0 Å². The number of nitrogens with zero attached hydrogens (tertiary/aromatic N) is 6. The third-order valence-electron chi connectivity index (χ3n) is 6.17. The van der Waals surface area contributed by atoms with Crippen molar-refractivity contribution in [2.45, 2.75) is 45.6 Å². The Bertz CT molecular complexity index is 1120. The molecule has 4 heterocycles. The summed E-state index contributed by atoms with van der Waals surface area (Å²) in [5.41, 5.74) is 4.36. The van der Waals surface area contributed by atoms with Crippen molar-refractivity contribution in [1.82, 2.24) is 24.4 Å². The zero-order valence-electron chi connectivity index (χ0n) is 18.3. The second-order valence-electron chi connectivity index (χ2n) is 8.53. The molecule has 162 valence electrons. The molecule has 3 aromatic heterocycles. The van der Waals surface area contributed by atoms with E-state index in [-0.39, 0.29) is 12.1 Å². The molecule has 2 aliphatic rings. The smallest absolute Gasteiger partial charge is 0.409 e. The highest BCUT2D eigenvalue weighted by Crippen LogP contribution is 2.46. The van der Waals surface area contributed by atoms with Gasteiger partial charge in [0, 0.05) is 38.1 Å². The minimum absolute atomic E-state index is 0.132. The van der Waals surface area contributed by atoms with Gasteiger partial charge in [0.15, 0.2) is 0 Å². The summed E-state index contributed by atoms with van der Waals surface area (Å²) >= 11 is 0. The summed E-state index contributed by atoms with van der Waals surface area (Å²) in [6, 6.07) is 2.26. The van der Waals surface area contributed by atoms with E-state index in [4.69, 9.17) is 9.72 Å². The lowest BCUT2D eigenvalue weighted by atomic mass is 10.1. The molecule has 1 saturated carbocycles. The zero-order chi connectivity index (χ0) is 21.5. The van der Waals surface area contributed by atoms with Gasteiger partial charge in [-0.1, -0.05) is 0 Å². The second-order valence-corrected chi connectivity index (χ2v) is 8.53. The van der Waals surface area contributed by atoms with Crippen LogP contribution in [0.15, 0.2) is 31.0 Å². The first-order valence-electron chi connectivity index (χ1n) is 11.0. The first kappa shape index (κ1) is 19.8. The standard InChI is InChI=1S/C23H28N6O2/c1-4-31-23(30)27-7-8-28(16(3)12-27)21-20-19(17-5-6-17)13-29(22(20)26-14-25-21)18-9-15(2)10-24-11-18/h9-11,13-14,16-17H,4-8,12H2,1-3H3. The van der Waals surface area contributed by atoms with Crippen molar-refractivity contribution in [3.63, 3.8) is 0 Å². The number of hydrogen-bond donors (Lipinski definition) is 0. The molecule has 1 aliphatic heterocycles. The lowest BCUT2D eigenvalue weighted by molar-refractivity contribution is 0.100. The number of ether oxygens (including phenoxy) is 1. The van der Waals surface area contributed by atoms with Gasteiger partial charge in [-0.2, -0.15) is 0 Å². The van der Waals surface area contributed by atoms with E-state index >= 15 is 0 Å². The number of aryl methyl sites for hydroxylation is 1. The fraction of sp³-hybridized carbons (Fsp3) is 0.478. The van der Waals surface area contributed by atoms with Crippen LogP contribution in [0, 0.1) is 6.92 Å². The maximum Gasteiger partial charge on any atom is 0.409 e. The Morgan fingerprint density at radius 3 is 2.77 bits per heavy atom. The predicted octanol–water partition coefficient (Wildman–Crippen LogP) is 3.67. The second kappa shape index (κ2) is 7.83. The predicted molar refractivity (Wildman–Crippen MR) is 119 cm³/mol. The molecular weight excluding hydrogens is 392 g/mol. The minimum atomic E-state index is -0.237. The summed E-state index contributed by atoms with van der Waals surface area (Å²) in [7, 11) is 0. The average molecular weight is 421 g/mol. The molecular formula is C23H28N6O2. The van der Waals surface area contributed by atoms with Gasteiger partial charge in [-0.15, -0.1) is 0 Å². The third-order valence-corrected chi connectivity index (χ3v) is 6.17. The molecule has 1 amide bonds. The van der Waals surface area contributed by atoms with Gasteiger partial charge < -0.3 is 14.5 Å².